The van der Waals surface area contributed by atoms with Gasteiger partial charge >= 0.3 is 0 Å². The molecule has 1 unspecified atom stereocenters. The number of likely N-dealkylation sites (tertiary alicyclic amines) is 1. The lowest BCUT2D eigenvalue weighted by Crippen LogP contribution is -2.43. The van der Waals surface area contributed by atoms with Crippen LogP contribution in [0.25, 0.3) is 0 Å². The fourth-order valence-corrected chi connectivity index (χ4v) is 3.42. The minimum Gasteiger partial charge on any atom is -0.355 e. The molecular formula is C20H30IN5. The van der Waals surface area contributed by atoms with Crippen molar-refractivity contribution >= 4 is 29.9 Å². The Bertz CT molecular complexity index is 635. The van der Waals surface area contributed by atoms with Crippen LogP contribution in [0.1, 0.15) is 24.4 Å². The van der Waals surface area contributed by atoms with Crippen molar-refractivity contribution in [2.75, 3.05) is 33.2 Å². The van der Waals surface area contributed by atoms with E-state index < -0.39 is 0 Å². The average molecular weight is 467 g/mol. The van der Waals surface area contributed by atoms with Crippen molar-refractivity contribution in [1.29, 1.82) is 0 Å². The van der Waals surface area contributed by atoms with Crippen LogP contribution < -0.4 is 10.6 Å². The number of nitrogens with one attached hydrogen (secondary N) is 2. The topological polar surface area (TPSA) is 44.6 Å². The molecule has 0 bridgehead atoms. The van der Waals surface area contributed by atoms with Gasteiger partial charge in [-0.2, -0.15) is 0 Å². The fraction of sp³-hybridized carbons (Fsp3) is 0.450. The number of halogens is 1. The molecule has 0 aliphatic carbocycles. The van der Waals surface area contributed by atoms with Gasteiger partial charge in [-0.1, -0.05) is 30.3 Å². The first kappa shape index (κ1) is 20.8. The van der Waals surface area contributed by atoms with E-state index in [9.17, 15) is 0 Å². The van der Waals surface area contributed by atoms with E-state index in [1.54, 1.807) is 0 Å². The van der Waals surface area contributed by atoms with Crippen LogP contribution >= 0.6 is 24.0 Å². The minimum absolute atomic E-state index is 0. The predicted molar refractivity (Wildman–Crippen MR) is 119 cm³/mol. The van der Waals surface area contributed by atoms with Crippen LogP contribution in [0.4, 0.5) is 0 Å². The van der Waals surface area contributed by atoms with Gasteiger partial charge in [0.05, 0.1) is 6.04 Å². The van der Waals surface area contributed by atoms with Gasteiger partial charge in [0, 0.05) is 39.1 Å². The molecule has 2 N–H and O–H groups in total. The van der Waals surface area contributed by atoms with Crippen molar-refractivity contribution in [2.45, 2.75) is 25.4 Å². The second-order valence-corrected chi connectivity index (χ2v) is 6.47. The van der Waals surface area contributed by atoms with E-state index in [1.807, 2.05) is 19.2 Å². The Morgan fingerprint density at radius 3 is 2.38 bits per heavy atom. The number of rotatable bonds is 7. The van der Waals surface area contributed by atoms with E-state index in [-0.39, 0.29) is 24.0 Å². The summed E-state index contributed by atoms with van der Waals surface area (Å²) in [7, 11) is 1.83. The monoisotopic (exact) mass is 467 g/mol. The van der Waals surface area contributed by atoms with Gasteiger partial charge in [0.2, 0.25) is 0 Å². The van der Waals surface area contributed by atoms with Crippen molar-refractivity contribution in [3.63, 3.8) is 0 Å². The van der Waals surface area contributed by atoms with Crippen LogP contribution in [-0.2, 0) is 6.54 Å². The summed E-state index contributed by atoms with van der Waals surface area (Å²) in [5.41, 5.74) is 1.37. The zero-order valence-electron chi connectivity index (χ0n) is 15.5. The third kappa shape index (κ3) is 6.02. The number of nitrogens with zero attached hydrogens (tertiary/aromatic N) is 3. The summed E-state index contributed by atoms with van der Waals surface area (Å²) in [6.45, 7) is 5.02. The minimum atomic E-state index is 0. The van der Waals surface area contributed by atoms with Crippen LogP contribution in [0.15, 0.2) is 59.9 Å². The lowest BCUT2D eigenvalue weighted by Gasteiger charge is -2.29. The van der Waals surface area contributed by atoms with E-state index in [1.165, 1.54) is 31.5 Å². The normalized spacial score (nSPS) is 16.1. The standard InChI is InChI=1S/C20H29N5.HI/c1-21-20(22-11-16-24-12-5-6-13-24)23-17-19(25-14-7-8-15-25)18-9-3-2-4-10-18;/h2-6,9-10,12-13,19H,7-8,11,14-17H2,1H3,(H2,21,22,23);1H. The van der Waals surface area contributed by atoms with Crippen molar-refractivity contribution in [1.82, 2.24) is 20.1 Å². The lowest BCUT2D eigenvalue weighted by atomic mass is 10.1. The van der Waals surface area contributed by atoms with Crippen molar-refractivity contribution in [3.05, 3.63) is 60.4 Å². The van der Waals surface area contributed by atoms with Gasteiger partial charge in [-0.25, -0.2) is 0 Å². The van der Waals surface area contributed by atoms with Gasteiger partial charge in [0.25, 0.3) is 0 Å². The number of guanidine groups is 1. The Hall–Kier alpha value is -1.54. The van der Waals surface area contributed by atoms with Crippen LogP contribution in [0.2, 0.25) is 0 Å². The lowest BCUT2D eigenvalue weighted by molar-refractivity contribution is 0.245. The molecule has 1 aromatic heterocycles. The highest BCUT2D eigenvalue weighted by Crippen LogP contribution is 2.24. The molecule has 1 aromatic carbocycles. The van der Waals surface area contributed by atoms with Crippen molar-refractivity contribution in [3.8, 4) is 0 Å². The predicted octanol–water partition coefficient (Wildman–Crippen LogP) is 3.11. The van der Waals surface area contributed by atoms with Gasteiger partial charge < -0.3 is 15.2 Å². The Kier molecular flexibility index (Phi) is 8.97. The second-order valence-electron chi connectivity index (χ2n) is 6.47. The first-order chi connectivity index (χ1) is 12.4. The summed E-state index contributed by atoms with van der Waals surface area (Å²) >= 11 is 0. The molecule has 26 heavy (non-hydrogen) atoms. The van der Waals surface area contributed by atoms with Crippen LogP contribution in [-0.4, -0.2) is 48.7 Å². The largest absolute Gasteiger partial charge is 0.355 e. The smallest absolute Gasteiger partial charge is 0.191 e. The molecule has 1 aliphatic heterocycles. The number of hydrogen-bond donors (Lipinski definition) is 2. The quantitative estimate of drug-likeness (QED) is 0.374. The molecular weight excluding hydrogens is 437 g/mol. The summed E-state index contributed by atoms with van der Waals surface area (Å²) in [5.74, 6) is 0.868. The highest BCUT2D eigenvalue weighted by molar-refractivity contribution is 14.0. The summed E-state index contributed by atoms with van der Waals surface area (Å²) in [4.78, 5) is 6.94. The molecule has 5 nitrogen and oxygen atoms in total. The van der Waals surface area contributed by atoms with Gasteiger partial charge in [-0.3, -0.25) is 9.89 Å². The number of aromatic nitrogens is 1. The maximum Gasteiger partial charge on any atom is 0.191 e. The molecule has 0 saturated carbocycles. The Morgan fingerprint density at radius 2 is 1.73 bits per heavy atom. The Balaban J connectivity index is 0.00000243. The van der Waals surface area contributed by atoms with Gasteiger partial charge in [-0.05, 0) is 43.6 Å². The molecule has 2 aromatic rings. The number of benzene rings is 1. The van der Waals surface area contributed by atoms with Crippen LogP contribution in [0.5, 0.6) is 0 Å². The molecule has 1 atom stereocenters. The van der Waals surface area contributed by atoms with E-state index in [2.05, 4.69) is 67.8 Å². The van der Waals surface area contributed by atoms with Gasteiger partial charge in [0.15, 0.2) is 5.96 Å². The molecule has 1 aliphatic rings. The molecule has 1 fully saturated rings. The Labute approximate surface area is 173 Å². The maximum atomic E-state index is 4.37. The number of aliphatic imine (C=N–C) groups is 1. The molecule has 3 rings (SSSR count). The van der Waals surface area contributed by atoms with Crippen molar-refractivity contribution < 1.29 is 0 Å². The highest BCUT2D eigenvalue weighted by atomic mass is 127. The summed E-state index contributed by atoms with van der Waals surface area (Å²) in [6, 6.07) is 15.3. The van der Waals surface area contributed by atoms with Crippen LogP contribution in [0, 0.1) is 0 Å². The summed E-state index contributed by atoms with van der Waals surface area (Å²) in [6.07, 6.45) is 6.76. The molecule has 1 saturated heterocycles. The zero-order chi connectivity index (χ0) is 17.3. The van der Waals surface area contributed by atoms with E-state index in [4.69, 9.17) is 0 Å². The number of hydrogen-bond acceptors (Lipinski definition) is 2. The molecule has 6 heteroatoms. The average Bonchev–Trinajstić information content (AvgIpc) is 3.35. The summed E-state index contributed by atoms with van der Waals surface area (Å²) in [5, 5.41) is 6.92. The SMILES string of the molecule is CN=C(NCCn1cccc1)NCC(c1ccccc1)N1CCCC1.I. The van der Waals surface area contributed by atoms with E-state index in [0.717, 1.165) is 25.6 Å². The van der Waals surface area contributed by atoms with Gasteiger partial charge in [0.1, 0.15) is 0 Å². The molecule has 0 amide bonds. The van der Waals surface area contributed by atoms with E-state index >= 15 is 0 Å². The fourth-order valence-electron chi connectivity index (χ4n) is 3.42. The molecule has 142 valence electrons. The first-order valence-corrected chi connectivity index (χ1v) is 9.21. The third-order valence-corrected chi connectivity index (χ3v) is 4.78. The highest BCUT2D eigenvalue weighted by Gasteiger charge is 2.23. The molecule has 2 heterocycles. The van der Waals surface area contributed by atoms with E-state index in [0.29, 0.717) is 6.04 Å². The molecule has 0 spiro atoms. The molecule has 0 radical (unpaired) electrons. The summed E-state index contributed by atoms with van der Waals surface area (Å²) < 4.78 is 2.16. The van der Waals surface area contributed by atoms with Gasteiger partial charge in [-0.15, -0.1) is 24.0 Å². The zero-order valence-corrected chi connectivity index (χ0v) is 17.8. The van der Waals surface area contributed by atoms with Crippen LogP contribution in [0.3, 0.4) is 0 Å². The second kappa shape index (κ2) is 11.2. The first-order valence-electron chi connectivity index (χ1n) is 9.21. The maximum absolute atomic E-state index is 4.37. The van der Waals surface area contributed by atoms with Crippen molar-refractivity contribution in [2.24, 2.45) is 4.99 Å². The third-order valence-electron chi connectivity index (χ3n) is 4.78. The Morgan fingerprint density at radius 1 is 1.04 bits per heavy atom.